The topological polar surface area (TPSA) is 52.7 Å². The number of para-hydroxylation sites is 1. The minimum Gasteiger partial charge on any atom is -0.365 e. The quantitative estimate of drug-likeness (QED) is 0.845. The number of hydrogen-bond donors (Lipinski definition) is 1. The summed E-state index contributed by atoms with van der Waals surface area (Å²) in [6.07, 6.45) is 0. The molecule has 0 aliphatic heterocycles. The molecule has 144 valence electrons. The van der Waals surface area contributed by atoms with Crippen LogP contribution in [0.4, 0.5) is 15.8 Å². The maximum Gasteiger partial charge on any atom is 0.244 e. The Morgan fingerprint density at radius 1 is 0.963 bits per heavy atom. The number of hydrogen-bond acceptors (Lipinski definition) is 3. The van der Waals surface area contributed by atoms with Gasteiger partial charge in [0.15, 0.2) is 0 Å². The summed E-state index contributed by atoms with van der Waals surface area (Å²) in [6, 6.07) is 15.1. The van der Waals surface area contributed by atoms with Gasteiger partial charge in [0, 0.05) is 24.0 Å². The van der Waals surface area contributed by atoms with Crippen LogP contribution < -0.4 is 10.2 Å². The molecule has 0 atom stereocenters. The van der Waals surface area contributed by atoms with Crippen LogP contribution in [-0.4, -0.2) is 42.4 Å². The molecule has 1 N–H and O–H groups in total. The van der Waals surface area contributed by atoms with Crippen molar-refractivity contribution in [1.29, 1.82) is 0 Å². The molecule has 2 amide bonds. The summed E-state index contributed by atoms with van der Waals surface area (Å²) >= 11 is 0. The molecular formula is C21H26FN3O2. The van der Waals surface area contributed by atoms with Crippen molar-refractivity contribution in [3.63, 3.8) is 0 Å². The van der Waals surface area contributed by atoms with E-state index in [1.54, 1.807) is 4.90 Å². The molecule has 6 heteroatoms. The Bertz CT molecular complexity index is 770. The Balaban J connectivity index is 2.04. The van der Waals surface area contributed by atoms with Crippen molar-refractivity contribution >= 4 is 23.2 Å². The molecule has 2 aromatic rings. The van der Waals surface area contributed by atoms with Gasteiger partial charge in [0.1, 0.15) is 12.4 Å². The molecule has 0 saturated heterocycles. The van der Waals surface area contributed by atoms with E-state index in [1.807, 2.05) is 63.1 Å². The second-order valence-electron chi connectivity index (χ2n) is 7.40. The molecule has 2 aromatic carbocycles. The fourth-order valence-electron chi connectivity index (χ4n) is 2.64. The summed E-state index contributed by atoms with van der Waals surface area (Å²) in [5, 5.41) is 2.70. The van der Waals surface area contributed by atoms with Gasteiger partial charge in [0.05, 0.1) is 6.54 Å². The number of halogens is 1. The van der Waals surface area contributed by atoms with Crippen molar-refractivity contribution in [2.75, 3.05) is 30.4 Å². The zero-order chi connectivity index (χ0) is 20.0. The zero-order valence-electron chi connectivity index (χ0n) is 16.2. The van der Waals surface area contributed by atoms with Gasteiger partial charge in [-0.25, -0.2) is 4.39 Å². The maximum atomic E-state index is 13.0. The first-order valence-corrected chi connectivity index (χ1v) is 8.79. The first-order chi connectivity index (χ1) is 12.7. The number of benzene rings is 2. The minimum atomic E-state index is -0.519. The van der Waals surface area contributed by atoms with Crippen LogP contribution in [0.15, 0.2) is 54.6 Å². The molecule has 0 aromatic heterocycles. The van der Waals surface area contributed by atoms with E-state index in [1.165, 1.54) is 24.3 Å². The van der Waals surface area contributed by atoms with Gasteiger partial charge in [-0.05, 0) is 57.2 Å². The Morgan fingerprint density at radius 2 is 1.56 bits per heavy atom. The van der Waals surface area contributed by atoms with Gasteiger partial charge in [-0.15, -0.1) is 0 Å². The van der Waals surface area contributed by atoms with Gasteiger partial charge in [-0.1, -0.05) is 18.2 Å². The van der Waals surface area contributed by atoms with Gasteiger partial charge in [-0.2, -0.15) is 0 Å². The Labute approximate surface area is 159 Å². The van der Waals surface area contributed by atoms with Gasteiger partial charge >= 0.3 is 0 Å². The molecule has 0 fully saturated rings. The number of nitrogens with one attached hydrogen (secondary N) is 1. The highest BCUT2D eigenvalue weighted by Crippen LogP contribution is 2.17. The largest absolute Gasteiger partial charge is 0.365 e. The summed E-state index contributed by atoms with van der Waals surface area (Å²) in [4.78, 5) is 28.7. The predicted octanol–water partition coefficient (Wildman–Crippen LogP) is 3.53. The van der Waals surface area contributed by atoms with Gasteiger partial charge < -0.3 is 15.1 Å². The lowest BCUT2D eigenvalue weighted by Crippen LogP contribution is -2.52. The number of anilines is 2. The Kier molecular flexibility index (Phi) is 6.55. The lowest BCUT2D eigenvalue weighted by Gasteiger charge is -2.36. The van der Waals surface area contributed by atoms with Crippen LogP contribution in [-0.2, 0) is 9.59 Å². The number of rotatable bonds is 6. The smallest absolute Gasteiger partial charge is 0.244 e. The van der Waals surface area contributed by atoms with Crippen molar-refractivity contribution in [1.82, 2.24) is 4.90 Å². The SMILES string of the molecule is CN(CC(=O)N(CC(=O)Nc1ccc(F)cc1)C(C)(C)C)c1ccccc1. The average molecular weight is 371 g/mol. The van der Waals surface area contributed by atoms with Crippen LogP contribution in [0.3, 0.4) is 0 Å². The highest BCUT2D eigenvalue weighted by atomic mass is 19.1. The van der Waals surface area contributed by atoms with Crippen LogP contribution in [0.5, 0.6) is 0 Å². The van der Waals surface area contributed by atoms with Crippen LogP contribution in [0.2, 0.25) is 0 Å². The lowest BCUT2D eigenvalue weighted by atomic mass is 10.1. The molecule has 0 radical (unpaired) electrons. The van der Waals surface area contributed by atoms with E-state index < -0.39 is 5.54 Å². The third-order valence-electron chi connectivity index (χ3n) is 4.11. The van der Waals surface area contributed by atoms with Crippen LogP contribution in [0, 0.1) is 5.82 Å². The summed E-state index contributed by atoms with van der Waals surface area (Å²) < 4.78 is 13.0. The highest BCUT2D eigenvalue weighted by molar-refractivity contribution is 5.95. The molecule has 0 bridgehead atoms. The highest BCUT2D eigenvalue weighted by Gasteiger charge is 2.29. The first-order valence-electron chi connectivity index (χ1n) is 8.79. The molecule has 2 rings (SSSR count). The van der Waals surface area contributed by atoms with E-state index in [0.717, 1.165) is 5.69 Å². The van der Waals surface area contributed by atoms with Crippen molar-refractivity contribution in [2.24, 2.45) is 0 Å². The number of nitrogens with zero attached hydrogens (tertiary/aromatic N) is 2. The van der Waals surface area contributed by atoms with Crippen LogP contribution in [0.25, 0.3) is 0 Å². The minimum absolute atomic E-state index is 0.0810. The maximum absolute atomic E-state index is 13.0. The standard InChI is InChI=1S/C21H26FN3O2/c1-21(2,3)25(14-19(26)23-17-12-10-16(22)11-13-17)20(27)15-24(4)18-8-6-5-7-9-18/h5-13H,14-15H2,1-4H3,(H,23,26). The number of amides is 2. The summed E-state index contributed by atoms with van der Waals surface area (Å²) in [7, 11) is 1.84. The average Bonchev–Trinajstić information content (AvgIpc) is 2.61. The zero-order valence-corrected chi connectivity index (χ0v) is 16.2. The molecule has 5 nitrogen and oxygen atoms in total. The molecule has 0 aliphatic carbocycles. The normalized spacial score (nSPS) is 11.0. The van der Waals surface area contributed by atoms with Gasteiger partial charge in [0.2, 0.25) is 11.8 Å². The van der Waals surface area contributed by atoms with E-state index in [-0.39, 0.29) is 30.7 Å². The van der Waals surface area contributed by atoms with E-state index >= 15 is 0 Å². The summed E-state index contributed by atoms with van der Waals surface area (Å²) in [6.45, 7) is 5.74. The van der Waals surface area contributed by atoms with Crippen molar-refractivity contribution in [3.05, 3.63) is 60.4 Å². The fraction of sp³-hybridized carbons (Fsp3) is 0.333. The van der Waals surface area contributed by atoms with E-state index in [9.17, 15) is 14.0 Å². The second kappa shape index (κ2) is 8.66. The predicted molar refractivity (Wildman–Crippen MR) is 106 cm³/mol. The van der Waals surface area contributed by atoms with Crippen molar-refractivity contribution < 1.29 is 14.0 Å². The molecule has 0 aliphatic rings. The fourth-order valence-corrected chi connectivity index (χ4v) is 2.64. The number of carbonyl (C=O) groups is 2. The van der Waals surface area contributed by atoms with E-state index in [0.29, 0.717) is 5.69 Å². The Hall–Kier alpha value is -2.89. The summed E-state index contributed by atoms with van der Waals surface area (Å²) in [5.74, 6) is -0.848. The van der Waals surface area contributed by atoms with Gasteiger partial charge in [0.25, 0.3) is 0 Å². The van der Waals surface area contributed by atoms with E-state index in [4.69, 9.17) is 0 Å². The molecular weight excluding hydrogens is 345 g/mol. The van der Waals surface area contributed by atoms with Crippen molar-refractivity contribution in [3.8, 4) is 0 Å². The number of likely N-dealkylation sites (N-methyl/N-ethyl adjacent to an activating group) is 1. The third kappa shape index (κ3) is 6.09. The third-order valence-corrected chi connectivity index (χ3v) is 4.11. The molecule has 0 heterocycles. The summed E-state index contributed by atoms with van der Waals surface area (Å²) in [5.41, 5.74) is 0.897. The first kappa shape index (κ1) is 20.4. The molecule has 0 unspecified atom stereocenters. The van der Waals surface area contributed by atoms with Gasteiger partial charge in [-0.3, -0.25) is 9.59 Å². The van der Waals surface area contributed by atoms with Crippen LogP contribution in [0.1, 0.15) is 20.8 Å². The van der Waals surface area contributed by atoms with E-state index in [2.05, 4.69) is 5.32 Å². The molecule has 27 heavy (non-hydrogen) atoms. The molecule has 0 spiro atoms. The second-order valence-corrected chi connectivity index (χ2v) is 7.40. The monoisotopic (exact) mass is 371 g/mol. The van der Waals surface area contributed by atoms with Crippen LogP contribution >= 0.6 is 0 Å². The Morgan fingerprint density at radius 3 is 2.11 bits per heavy atom. The van der Waals surface area contributed by atoms with Crippen molar-refractivity contribution in [2.45, 2.75) is 26.3 Å². The lowest BCUT2D eigenvalue weighted by molar-refractivity contribution is -0.138. The number of carbonyl (C=O) groups excluding carboxylic acids is 2. The molecule has 0 saturated carbocycles.